The van der Waals surface area contributed by atoms with E-state index in [1.807, 2.05) is 0 Å². The van der Waals surface area contributed by atoms with Gasteiger partial charge in [0.2, 0.25) is 0 Å². The number of nitrogens with zero attached hydrogens (tertiary/aromatic N) is 1. The molecule has 1 heterocycles. The van der Waals surface area contributed by atoms with Gasteiger partial charge in [0, 0.05) is 7.11 Å². The molecule has 0 bridgehead atoms. The van der Waals surface area contributed by atoms with Crippen molar-refractivity contribution in [3.8, 4) is 0 Å². The van der Waals surface area contributed by atoms with Crippen LogP contribution in [-0.4, -0.2) is 18.1 Å². The van der Waals surface area contributed by atoms with Crippen molar-refractivity contribution in [2.75, 3.05) is 12.4 Å². The molecule has 5 heteroatoms. The van der Waals surface area contributed by atoms with Gasteiger partial charge in [0.15, 0.2) is 0 Å². The maximum absolute atomic E-state index is 10.4. The van der Waals surface area contributed by atoms with Crippen LogP contribution in [0.5, 0.6) is 0 Å². The number of methoxy groups -OCH3 is 1. The van der Waals surface area contributed by atoms with Crippen molar-refractivity contribution in [3.63, 3.8) is 0 Å². The molecule has 0 saturated carbocycles. The van der Waals surface area contributed by atoms with E-state index in [9.17, 15) is 4.79 Å². The number of carbonyl (C=O) groups is 1. The van der Waals surface area contributed by atoms with Crippen molar-refractivity contribution in [3.05, 3.63) is 24.0 Å². The van der Waals surface area contributed by atoms with E-state index in [1.165, 1.54) is 6.20 Å². The van der Waals surface area contributed by atoms with Crippen molar-refractivity contribution < 1.29 is 9.53 Å². The average Bonchev–Trinajstić information content (AvgIpc) is 2.08. The number of amides is 2. The third-order valence-electron chi connectivity index (χ3n) is 1.38. The van der Waals surface area contributed by atoms with E-state index >= 15 is 0 Å². The Kier molecular flexibility index (Phi) is 3.22. The zero-order valence-electron chi connectivity index (χ0n) is 7.28. The number of aromatic nitrogens is 1. The molecule has 0 spiro atoms. The highest BCUT2D eigenvalue weighted by Crippen LogP contribution is 2.05. The van der Waals surface area contributed by atoms with E-state index < -0.39 is 6.03 Å². The van der Waals surface area contributed by atoms with Gasteiger partial charge in [-0.15, -0.1) is 0 Å². The topological polar surface area (TPSA) is 77.2 Å². The molecule has 1 rings (SSSR count). The molecule has 2 amide bonds. The number of urea groups is 1. The molecule has 0 aromatic carbocycles. The summed E-state index contributed by atoms with van der Waals surface area (Å²) in [5.41, 5.74) is 6.30. The van der Waals surface area contributed by atoms with Crippen LogP contribution < -0.4 is 11.1 Å². The summed E-state index contributed by atoms with van der Waals surface area (Å²) in [5.74, 6) is 0. The number of rotatable bonds is 3. The largest absolute Gasteiger partial charge is 0.378 e. The molecule has 0 atom stereocenters. The Bertz CT molecular complexity index is 284. The van der Waals surface area contributed by atoms with Crippen LogP contribution in [0.25, 0.3) is 0 Å². The van der Waals surface area contributed by atoms with Gasteiger partial charge in [-0.1, -0.05) is 0 Å². The van der Waals surface area contributed by atoms with Crippen LogP contribution in [0.15, 0.2) is 18.3 Å². The first-order chi connectivity index (χ1) is 6.22. The van der Waals surface area contributed by atoms with Crippen molar-refractivity contribution in [2.45, 2.75) is 6.61 Å². The second-order valence-electron chi connectivity index (χ2n) is 2.46. The maximum atomic E-state index is 10.4. The van der Waals surface area contributed by atoms with Gasteiger partial charge in [-0.3, -0.25) is 4.98 Å². The van der Waals surface area contributed by atoms with E-state index in [0.717, 1.165) is 5.69 Å². The minimum atomic E-state index is -0.596. The highest BCUT2D eigenvalue weighted by molar-refractivity contribution is 5.87. The number of primary amides is 1. The van der Waals surface area contributed by atoms with E-state index in [1.54, 1.807) is 19.2 Å². The fraction of sp³-hybridized carbons (Fsp3) is 0.250. The lowest BCUT2D eigenvalue weighted by Gasteiger charge is -2.02. The number of carbonyl (C=O) groups excluding carboxylic acids is 1. The van der Waals surface area contributed by atoms with Crippen LogP contribution in [0.3, 0.4) is 0 Å². The standard InChI is InChI=1S/C8H11N3O2/c1-13-5-7-3-2-6(4-10-7)11-8(9)12/h2-4H,5H2,1H3,(H3,9,11,12). The van der Waals surface area contributed by atoms with Crippen LogP contribution >= 0.6 is 0 Å². The second kappa shape index (κ2) is 4.42. The van der Waals surface area contributed by atoms with Crippen LogP contribution in [0.2, 0.25) is 0 Å². The van der Waals surface area contributed by atoms with Crippen molar-refractivity contribution >= 4 is 11.7 Å². The monoisotopic (exact) mass is 181 g/mol. The second-order valence-corrected chi connectivity index (χ2v) is 2.46. The fourth-order valence-electron chi connectivity index (χ4n) is 0.874. The Balaban J connectivity index is 2.64. The average molecular weight is 181 g/mol. The molecule has 0 fully saturated rings. The van der Waals surface area contributed by atoms with Crippen LogP contribution in [0, 0.1) is 0 Å². The lowest BCUT2D eigenvalue weighted by atomic mass is 10.3. The van der Waals surface area contributed by atoms with Gasteiger partial charge in [-0.25, -0.2) is 4.79 Å². The lowest BCUT2D eigenvalue weighted by molar-refractivity contribution is 0.181. The summed E-state index contributed by atoms with van der Waals surface area (Å²) >= 11 is 0. The van der Waals surface area contributed by atoms with E-state index in [0.29, 0.717) is 12.3 Å². The summed E-state index contributed by atoms with van der Waals surface area (Å²) in [7, 11) is 1.59. The number of hydrogen-bond donors (Lipinski definition) is 2. The van der Waals surface area contributed by atoms with Crippen LogP contribution in [0.1, 0.15) is 5.69 Å². The molecule has 3 N–H and O–H groups in total. The summed E-state index contributed by atoms with van der Waals surface area (Å²) in [6.45, 7) is 0.455. The van der Waals surface area contributed by atoms with Crippen molar-refractivity contribution in [1.82, 2.24) is 4.98 Å². The lowest BCUT2D eigenvalue weighted by Crippen LogP contribution is -2.19. The molecule has 0 saturated heterocycles. The summed E-state index contributed by atoms with van der Waals surface area (Å²) in [4.78, 5) is 14.5. The van der Waals surface area contributed by atoms with Crippen LogP contribution in [-0.2, 0) is 11.3 Å². The third-order valence-corrected chi connectivity index (χ3v) is 1.38. The Morgan fingerprint density at radius 1 is 1.69 bits per heavy atom. The zero-order valence-corrected chi connectivity index (χ0v) is 7.28. The first kappa shape index (κ1) is 9.47. The molecule has 1 aromatic rings. The van der Waals surface area contributed by atoms with E-state index in [2.05, 4.69) is 10.3 Å². The number of ether oxygens (including phenoxy) is 1. The number of hydrogen-bond acceptors (Lipinski definition) is 3. The van der Waals surface area contributed by atoms with Gasteiger partial charge in [0.25, 0.3) is 0 Å². The Hall–Kier alpha value is -1.62. The predicted molar refractivity (Wildman–Crippen MR) is 48.2 cm³/mol. The minimum Gasteiger partial charge on any atom is -0.378 e. The smallest absolute Gasteiger partial charge is 0.316 e. The highest BCUT2D eigenvalue weighted by atomic mass is 16.5. The first-order valence-corrected chi connectivity index (χ1v) is 3.72. The molecule has 0 radical (unpaired) electrons. The van der Waals surface area contributed by atoms with E-state index in [-0.39, 0.29) is 0 Å². The molecular formula is C8H11N3O2. The molecule has 1 aromatic heterocycles. The fourth-order valence-corrected chi connectivity index (χ4v) is 0.874. The predicted octanol–water partition coefficient (Wildman–Crippen LogP) is 0.719. The normalized spacial score (nSPS) is 9.62. The van der Waals surface area contributed by atoms with Gasteiger partial charge in [0.05, 0.1) is 24.2 Å². The molecule has 0 aliphatic carbocycles. The molecule has 5 nitrogen and oxygen atoms in total. The number of nitrogens with two attached hydrogens (primary N) is 1. The molecule has 0 unspecified atom stereocenters. The molecule has 0 aliphatic heterocycles. The number of pyridine rings is 1. The first-order valence-electron chi connectivity index (χ1n) is 3.72. The van der Waals surface area contributed by atoms with Crippen LogP contribution in [0.4, 0.5) is 10.5 Å². The SMILES string of the molecule is COCc1ccc(NC(N)=O)cn1. The maximum Gasteiger partial charge on any atom is 0.316 e. The molecule has 0 aliphatic rings. The zero-order chi connectivity index (χ0) is 9.68. The highest BCUT2D eigenvalue weighted by Gasteiger charge is 1.96. The number of anilines is 1. The van der Waals surface area contributed by atoms with Gasteiger partial charge < -0.3 is 15.8 Å². The van der Waals surface area contributed by atoms with Gasteiger partial charge in [0.1, 0.15) is 0 Å². The number of nitrogens with one attached hydrogen (secondary N) is 1. The molecule has 70 valence electrons. The molecule has 13 heavy (non-hydrogen) atoms. The third kappa shape index (κ3) is 3.08. The quantitative estimate of drug-likeness (QED) is 0.721. The van der Waals surface area contributed by atoms with E-state index in [4.69, 9.17) is 10.5 Å². The van der Waals surface area contributed by atoms with Crippen molar-refractivity contribution in [2.24, 2.45) is 5.73 Å². The minimum absolute atomic E-state index is 0.455. The Morgan fingerprint density at radius 3 is 2.92 bits per heavy atom. The summed E-state index contributed by atoms with van der Waals surface area (Å²) < 4.78 is 4.87. The van der Waals surface area contributed by atoms with Gasteiger partial charge >= 0.3 is 6.03 Å². The van der Waals surface area contributed by atoms with Gasteiger partial charge in [-0.05, 0) is 12.1 Å². The molecular weight excluding hydrogens is 170 g/mol. The van der Waals surface area contributed by atoms with Gasteiger partial charge in [-0.2, -0.15) is 0 Å². The summed E-state index contributed by atoms with van der Waals surface area (Å²) in [6, 6.07) is 2.88. The van der Waals surface area contributed by atoms with Crippen molar-refractivity contribution in [1.29, 1.82) is 0 Å². The Morgan fingerprint density at radius 2 is 2.46 bits per heavy atom. The summed E-state index contributed by atoms with van der Waals surface area (Å²) in [6.07, 6.45) is 1.53. The Labute approximate surface area is 75.9 Å². The summed E-state index contributed by atoms with van der Waals surface area (Å²) in [5, 5.41) is 2.41.